The monoisotopic (exact) mass is 378 g/mol. The molecule has 3 heterocycles. The summed E-state index contributed by atoms with van der Waals surface area (Å²) in [5.41, 5.74) is 2.70. The van der Waals surface area contributed by atoms with Crippen molar-refractivity contribution in [3.63, 3.8) is 0 Å². The third kappa shape index (κ3) is 3.36. The molecule has 2 amide bonds. The Morgan fingerprint density at radius 3 is 2.64 bits per heavy atom. The average Bonchev–Trinajstić information content (AvgIpc) is 3.14. The van der Waals surface area contributed by atoms with Crippen LogP contribution in [0.4, 0.5) is 5.69 Å². The van der Waals surface area contributed by atoms with E-state index in [-0.39, 0.29) is 23.3 Å². The molecule has 1 aromatic carbocycles. The predicted molar refractivity (Wildman–Crippen MR) is 106 cm³/mol. The molecule has 0 radical (unpaired) electrons. The van der Waals surface area contributed by atoms with Crippen LogP contribution in [0.2, 0.25) is 0 Å². The van der Waals surface area contributed by atoms with Gasteiger partial charge in [-0.2, -0.15) is 0 Å². The number of amides is 2. The molecule has 1 N–H and O–H groups in total. The van der Waals surface area contributed by atoms with Crippen molar-refractivity contribution in [3.05, 3.63) is 65.7 Å². The van der Waals surface area contributed by atoms with E-state index in [2.05, 4.69) is 10.3 Å². The van der Waals surface area contributed by atoms with Gasteiger partial charge in [0.2, 0.25) is 5.82 Å². The molecule has 4 rings (SSSR count). The molecule has 3 aromatic rings. The largest absolute Gasteiger partial charge is 0.378 e. The van der Waals surface area contributed by atoms with Crippen LogP contribution in [0.5, 0.6) is 0 Å². The van der Waals surface area contributed by atoms with Gasteiger partial charge in [0, 0.05) is 25.0 Å². The fourth-order valence-corrected chi connectivity index (χ4v) is 3.40. The molecule has 0 spiro atoms. The Bertz CT molecular complexity index is 1020. The number of aryl methyl sites for hydroxylation is 1. The molecule has 2 aromatic heterocycles. The van der Waals surface area contributed by atoms with Gasteiger partial charge in [0.25, 0.3) is 11.8 Å². The van der Waals surface area contributed by atoms with E-state index in [9.17, 15) is 9.59 Å². The van der Waals surface area contributed by atoms with Crippen molar-refractivity contribution in [1.82, 2.24) is 14.3 Å². The zero-order valence-electron chi connectivity index (χ0n) is 15.7. The summed E-state index contributed by atoms with van der Waals surface area (Å²) >= 11 is 0. The lowest BCUT2D eigenvalue weighted by Crippen LogP contribution is -2.40. The van der Waals surface area contributed by atoms with Crippen molar-refractivity contribution in [2.75, 3.05) is 31.6 Å². The highest BCUT2D eigenvalue weighted by atomic mass is 16.5. The summed E-state index contributed by atoms with van der Waals surface area (Å²) in [6.07, 6.45) is 2.55. The van der Waals surface area contributed by atoms with Crippen LogP contribution in [0, 0.1) is 0 Å². The molecular weight excluding hydrogens is 356 g/mol. The molecule has 0 bridgehead atoms. The van der Waals surface area contributed by atoms with Crippen LogP contribution in [0.25, 0.3) is 5.52 Å². The molecule has 0 unspecified atom stereocenters. The lowest BCUT2D eigenvalue weighted by molar-refractivity contribution is 0.0300. The maximum Gasteiger partial charge on any atom is 0.292 e. The van der Waals surface area contributed by atoms with E-state index in [1.54, 1.807) is 21.6 Å². The van der Waals surface area contributed by atoms with Gasteiger partial charge in [-0.05, 0) is 30.2 Å². The lowest BCUT2D eigenvalue weighted by Gasteiger charge is -2.26. The molecule has 144 valence electrons. The number of hydrogen-bond acceptors (Lipinski definition) is 4. The van der Waals surface area contributed by atoms with Crippen LogP contribution in [-0.2, 0) is 11.2 Å². The van der Waals surface area contributed by atoms with Crippen molar-refractivity contribution >= 4 is 23.0 Å². The number of carbonyl (C=O) groups is 2. The minimum atomic E-state index is -0.344. The smallest absolute Gasteiger partial charge is 0.292 e. The number of benzene rings is 1. The summed E-state index contributed by atoms with van der Waals surface area (Å²) < 4.78 is 6.99. The quantitative estimate of drug-likeness (QED) is 0.757. The van der Waals surface area contributed by atoms with Gasteiger partial charge >= 0.3 is 0 Å². The van der Waals surface area contributed by atoms with Crippen molar-refractivity contribution < 1.29 is 14.3 Å². The third-order valence-corrected chi connectivity index (χ3v) is 4.90. The van der Waals surface area contributed by atoms with Crippen molar-refractivity contribution in [2.45, 2.75) is 13.3 Å². The normalized spacial score (nSPS) is 14.2. The fourth-order valence-electron chi connectivity index (χ4n) is 3.40. The number of carbonyl (C=O) groups excluding carboxylic acids is 2. The van der Waals surface area contributed by atoms with Gasteiger partial charge in [0.15, 0.2) is 5.69 Å². The molecule has 0 aliphatic carbocycles. The molecule has 0 saturated carbocycles. The number of ether oxygens (including phenoxy) is 1. The summed E-state index contributed by atoms with van der Waals surface area (Å²) in [6.45, 7) is 4.11. The van der Waals surface area contributed by atoms with E-state index in [1.807, 2.05) is 43.3 Å². The first kappa shape index (κ1) is 18.2. The van der Waals surface area contributed by atoms with Crippen molar-refractivity contribution in [2.24, 2.45) is 0 Å². The molecule has 1 fully saturated rings. The third-order valence-electron chi connectivity index (χ3n) is 4.90. The highest BCUT2D eigenvalue weighted by molar-refractivity contribution is 6.06. The molecule has 7 nitrogen and oxygen atoms in total. The Balaban J connectivity index is 1.69. The van der Waals surface area contributed by atoms with E-state index in [1.165, 1.54) is 0 Å². The minimum Gasteiger partial charge on any atom is -0.378 e. The number of aromatic nitrogens is 2. The molecule has 1 aliphatic rings. The number of hydrogen-bond donors (Lipinski definition) is 1. The number of anilines is 1. The van der Waals surface area contributed by atoms with E-state index in [0.717, 1.165) is 17.7 Å². The van der Waals surface area contributed by atoms with Crippen LogP contribution >= 0.6 is 0 Å². The molecule has 0 atom stereocenters. The lowest BCUT2D eigenvalue weighted by atomic mass is 10.1. The van der Waals surface area contributed by atoms with Crippen molar-refractivity contribution in [3.8, 4) is 0 Å². The topological polar surface area (TPSA) is 75.9 Å². The molecule has 7 heteroatoms. The fraction of sp³-hybridized carbons (Fsp3) is 0.286. The number of fused-ring (bicyclic) bond motifs is 1. The van der Waals surface area contributed by atoms with Gasteiger partial charge in [-0.25, -0.2) is 4.98 Å². The second-order valence-corrected chi connectivity index (χ2v) is 6.61. The maximum atomic E-state index is 13.0. The Hall–Kier alpha value is -3.19. The number of para-hydroxylation sites is 1. The minimum absolute atomic E-state index is 0.181. The number of rotatable bonds is 4. The standard InChI is InChI=1S/C21H22N4O3/c1-2-15-7-3-4-8-16(15)22-20(26)19-23-18(17-9-5-6-10-25(17)19)21(27)24-11-13-28-14-12-24/h3-10H,2,11-14H2,1H3,(H,22,26). The summed E-state index contributed by atoms with van der Waals surface area (Å²) in [5, 5.41) is 2.93. The Morgan fingerprint density at radius 2 is 1.86 bits per heavy atom. The van der Waals surface area contributed by atoms with E-state index >= 15 is 0 Å². The van der Waals surface area contributed by atoms with Gasteiger partial charge in [-0.15, -0.1) is 0 Å². The Morgan fingerprint density at radius 1 is 1.11 bits per heavy atom. The highest BCUT2D eigenvalue weighted by Crippen LogP contribution is 2.19. The zero-order valence-corrected chi connectivity index (χ0v) is 15.7. The number of pyridine rings is 1. The van der Waals surface area contributed by atoms with Gasteiger partial charge < -0.3 is 15.0 Å². The van der Waals surface area contributed by atoms with E-state index < -0.39 is 0 Å². The van der Waals surface area contributed by atoms with Crippen LogP contribution in [0.1, 0.15) is 33.6 Å². The predicted octanol–water partition coefficient (Wildman–Crippen LogP) is 2.62. The van der Waals surface area contributed by atoms with Gasteiger partial charge in [-0.3, -0.25) is 14.0 Å². The summed E-state index contributed by atoms with van der Waals surface area (Å²) in [5.74, 6) is -0.332. The average molecular weight is 378 g/mol. The molecular formula is C21H22N4O3. The molecule has 1 saturated heterocycles. The van der Waals surface area contributed by atoms with Gasteiger partial charge in [0.05, 0.1) is 18.7 Å². The first-order valence-corrected chi connectivity index (χ1v) is 9.42. The summed E-state index contributed by atoms with van der Waals surface area (Å²) in [4.78, 5) is 32.1. The Labute approximate surface area is 162 Å². The van der Waals surface area contributed by atoms with Crippen LogP contribution in [0.15, 0.2) is 48.7 Å². The van der Waals surface area contributed by atoms with E-state index in [4.69, 9.17) is 4.74 Å². The zero-order chi connectivity index (χ0) is 19.5. The number of nitrogens with one attached hydrogen (secondary N) is 1. The first-order valence-electron chi connectivity index (χ1n) is 9.42. The first-order chi connectivity index (χ1) is 13.7. The summed E-state index contributed by atoms with van der Waals surface area (Å²) in [6, 6.07) is 13.1. The van der Waals surface area contributed by atoms with Crippen LogP contribution in [0.3, 0.4) is 0 Å². The Kier molecular flexibility index (Phi) is 5.08. The molecule has 28 heavy (non-hydrogen) atoms. The number of morpholine rings is 1. The SMILES string of the molecule is CCc1ccccc1NC(=O)c1nc(C(=O)N2CCOCC2)c2ccccn12. The van der Waals surface area contributed by atoms with E-state index in [0.29, 0.717) is 31.8 Å². The highest BCUT2D eigenvalue weighted by Gasteiger charge is 2.26. The number of nitrogens with zero attached hydrogens (tertiary/aromatic N) is 3. The van der Waals surface area contributed by atoms with Gasteiger partial charge in [0.1, 0.15) is 0 Å². The second-order valence-electron chi connectivity index (χ2n) is 6.61. The van der Waals surface area contributed by atoms with Crippen molar-refractivity contribution in [1.29, 1.82) is 0 Å². The summed E-state index contributed by atoms with van der Waals surface area (Å²) in [7, 11) is 0. The van der Waals surface area contributed by atoms with Crippen LogP contribution < -0.4 is 5.32 Å². The molecule has 1 aliphatic heterocycles. The van der Waals surface area contributed by atoms with Gasteiger partial charge in [-0.1, -0.05) is 31.2 Å². The number of imidazole rings is 1. The van der Waals surface area contributed by atoms with Crippen LogP contribution in [-0.4, -0.2) is 52.4 Å². The second kappa shape index (κ2) is 7.82. The maximum absolute atomic E-state index is 13.0.